The summed E-state index contributed by atoms with van der Waals surface area (Å²) in [5.74, 6) is 2.73. The fourth-order valence-corrected chi connectivity index (χ4v) is 5.06. The first-order chi connectivity index (χ1) is 10.1. The first kappa shape index (κ1) is 20.7. The van der Waals surface area contributed by atoms with Gasteiger partial charge in [0.05, 0.1) is 12.1 Å². The van der Waals surface area contributed by atoms with Gasteiger partial charge in [0.1, 0.15) is 0 Å². The predicted octanol–water partition coefficient (Wildman–Crippen LogP) is 2.70. The van der Waals surface area contributed by atoms with E-state index in [1.807, 2.05) is 23.5 Å². The normalized spacial score (nSPS) is 32.4. The second-order valence-electron chi connectivity index (χ2n) is 6.09. The SMILES string of the molecule is CCNC(=NCC1(O)CCSC1)NC1CCCC(SC)C1.I. The number of thioether (sulfide) groups is 2. The van der Waals surface area contributed by atoms with E-state index in [0.717, 1.165) is 35.7 Å². The van der Waals surface area contributed by atoms with Crippen molar-refractivity contribution in [1.82, 2.24) is 10.6 Å². The first-order valence-corrected chi connectivity index (χ1v) is 10.5. The van der Waals surface area contributed by atoms with Gasteiger partial charge in [-0.2, -0.15) is 23.5 Å². The maximum absolute atomic E-state index is 10.4. The third kappa shape index (κ3) is 6.65. The van der Waals surface area contributed by atoms with E-state index in [4.69, 9.17) is 0 Å². The number of rotatable bonds is 5. The molecule has 1 heterocycles. The molecule has 3 atom stereocenters. The van der Waals surface area contributed by atoms with Crippen molar-refractivity contribution >= 4 is 53.5 Å². The van der Waals surface area contributed by atoms with Gasteiger partial charge < -0.3 is 15.7 Å². The highest BCUT2D eigenvalue weighted by Crippen LogP contribution is 2.28. The molecule has 1 saturated heterocycles. The van der Waals surface area contributed by atoms with Crippen LogP contribution in [0.5, 0.6) is 0 Å². The fraction of sp³-hybridized carbons (Fsp3) is 0.933. The second kappa shape index (κ2) is 10.5. The Labute approximate surface area is 160 Å². The van der Waals surface area contributed by atoms with E-state index in [-0.39, 0.29) is 24.0 Å². The highest BCUT2D eigenvalue weighted by molar-refractivity contribution is 14.0. The molecule has 1 saturated carbocycles. The Morgan fingerprint density at radius 2 is 2.27 bits per heavy atom. The molecule has 2 fully saturated rings. The lowest BCUT2D eigenvalue weighted by Crippen LogP contribution is -2.46. The minimum absolute atomic E-state index is 0. The van der Waals surface area contributed by atoms with Gasteiger partial charge in [0.15, 0.2) is 5.96 Å². The van der Waals surface area contributed by atoms with Crippen LogP contribution in [0.4, 0.5) is 0 Å². The second-order valence-corrected chi connectivity index (χ2v) is 8.33. The molecule has 1 aliphatic carbocycles. The lowest BCUT2D eigenvalue weighted by atomic mass is 9.95. The van der Waals surface area contributed by atoms with Crippen LogP contribution in [0.1, 0.15) is 39.0 Å². The summed E-state index contributed by atoms with van der Waals surface area (Å²) in [6, 6.07) is 0.515. The number of hydrogen-bond acceptors (Lipinski definition) is 4. The Bertz CT molecular complexity index is 352. The fourth-order valence-electron chi connectivity index (χ4n) is 2.95. The average Bonchev–Trinajstić information content (AvgIpc) is 2.93. The number of nitrogens with one attached hydrogen (secondary N) is 2. The average molecular weight is 459 g/mol. The van der Waals surface area contributed by atoms with Crippen molar-refractivity contribution < 1.29 is 5.11 Å². The van der Waals surface area contributed by atoms with Gasteiger partial charge in [-0.15, -0.1) is 24.0 Å². The van der Waals surface area contributed by atoms with Crippen molar-refractivity contribution in [1.29, 1.82) is 0 Å². The maximum Gasteiger partial charge on any atom is 0.191 e. The standard InChI is InChI=1S/C15H29N3OS2.HI/c1-3-16-14(17-10-15(19)7-8-21-11-15)18-12-5-4-6-13(9-12)20-2;/h12-13,19H,3-11H2,1-2H3,(H2,16,17,18);1H. The van der Waals surface area contributed by atoms with E-state index in [2.05, 4.69) is 28.8 Å². The van der Waals surface area contributed by atoms with Crippen molar-refractivity contribution in [2.24, 2.45) is 4.99 Å². The van der Waals surface area contributed by atoms with Crippen LogP contribution < -0.4 is 10.6 Å². The zero-order valence-corrected chi connectivity index (χ0v) is 17.6. The van der Waals surface area contributed by atoms with Gasteiger partial charge in [0, 0.05) is 23.6 Å². The molecule has 0 radical (unpaired) electrons. The van der Waals surface area contributed by atoms with Crippen LogP contribution in [-0.2, 0) is 0 Å². The van der Waals surface area contributed by atoms with Crippen molar-refractivity contribution in [2.75, 3.05) is 30.9 Å². The molecule has 2 aliphatic rings. The molecule has 3 N–H and O–H groups in total. The predicted molar refractivity (Wildman–Crippen MR) is 111 cm³/mol. The molecule has 1 aliphatic heterocycles. The van der Waals surface area contributed by atoms with E-state index in [1.54, 1.807) is 0 Å². The summed E-state index contributed by atoms with van der Waals surface area (Å²) in [7, 11) is 0. The molecular formula is C15H30IN3OS2. The molecule has 2 rings (SSSR count). The van der Waals surface area contributed by atoms with Gasteiger partial charge in [-0.25, -0.2) is 0 Å². The largest absolute Gasteiger partial charge is 0.387 e. The zero-order valence-electron chi connectivity index (χ0n) is 13.6. The topological polar surface area (TPSA) is 56.7 Å². The van der Waals surface area contributed by atoms with E-state index >= 15 is 0 Å². The summed E-state index contributed by atoms with van der Waals surface area (Å²) in [5, 5.41) is 18.1. The van der Waals surface area contributed by atoms with Crippen LogP contribution in [-0.4, -0.2) is 58.8 Å². The van der Waals surface area contributed by atoms with Crippen LogP contribution in [0.3, 0.4) is 0 Å². The van der Waals surface area contributed by atoms with E-state index < -0.39 is 5.60 Å². The van der Waals surface area contributed by atoms with Crippen LogP contribution >= 0.6 is 47.5 Å². The molecule has 3 unspecified atom stereocenters. The highest BCUT2D eigenvalue weighted by Gasteiger charge is 2.31. The van der Waals surface area contributed by atoms with E-state index in [9.17, 15) is 5.11 Å². The zero-order chi connectivity index (χ0) is 15.1. The van der Waals surface area contributed by atoms with Crippen molar-refractivity contribution in [2.45, 2.75) is 55.9 Å². The molecule has 22 heavy (non-hydrogen) atoms. The Hall–Kier alpha value is 0.660. The lowest BCUT2D eigenvalue weighted by molar-refractivity contribution is 0.0778. The molecule has 4 nitrogen and oxygen atoms in total. The monoisotopic (exact) mass is 459 g/mol. The first-order valence-electron chi connectivity index (χ1n) is 8.03. The molecule has 0 spiro atoms. The summed E-state index contributed by atoms with van der Waals surface area (Å²) in [5.41, 5.74) is -0.596. The number of nitrogens with zero attached hydrogens (tertiary/aromatic N) is 1. The molecule has 130 valence electrons. The molecule has 0 aromatic rings. The van der Waals surface area contributed by atoms with Gasteiger partial charge in [0.25, 0.3) is 0 Å². The molecule has 0 amide bonds. The summed E-state index contributed by atoms with van der Waals surface area (Å²) < 4.78 is 0. The Balaban J connectivity index is 0.00000242. The molecular weight excluding hydrogens is 429 g/mol. The lowest BCUT2D eigenvalue weighted by Gasteiger charge is -2.30. The Morgan fingerprint density at radius 1 is 1.45 bits per heavy atom. The summed E-state index contributed by atoms with van der Waals surface area (Å²) in [4.78, 5) is 4.64. The van der Waals surface area contributed by atoms with Gasteiger partial charge >= 0.3 is 0 Å². The van der Waals surface area contributed by atoms with Crippen LogP contribution in [0.25, 0.3) is 0 Å². The van der Waals surface area contributed by atoms with Gasteiger partial charge in [-0.3, -0.25) is 4.99 Å². The third-order valence-corrected chi connectivity index (χ3v) is 6.59. The third-order valence-electron chi connectivity index (χ3n) is 4.26. The highest BCUT2D eigenvalue weighted by atomic mass is 127. The summed E-state index contributed by atoms with van der Waals surface area (Å²) in [6.07, 6.45) is 8.14. The number of hydrogen-bond donors (Lipinski definition) is 3. The van der Waals surface area contributed by atoms with Gasteiger partial charge in [0.2, 0.25) is 0 Å². The van der Waals surface area contributed by atoms with Crippen LogP contribution in [0, 0.1) is 0 Å². The molecule has 0 bridgehead atoms. The number of halogens is 1. The Kier molecular flexibility index (Phi) is 9.89. The number of aliphatic hydroxyl groups is 1. The summed E-state index contributed by atoms with van der Waals surface area (Å²) >= 11 is 3.80. The van der Waals surface area contributed by atoms with Crippen molar-refractivity contribution in [3.05, 3.63) is 0 Å². The number of guanidine groups is 1. The van der Waals surface area contributed by atoms with Gasteiger partial charge in [-0.05, 0) is 44.6 Å². The molecule has 0 aromatic carbocycles. The summed E-state index contributed by atoms with van der Waals surface area (Å²) in [6.45, 7) is 3.45. The smallest absolute Gasteiger partial charge is 0.191 e. The van der Waals surface area contributed by atoms with E-state index in [1.165, 1.54) is 25.7 Å². The van der Waals surface area contributed by atoms with E-state index in [0.29, 0.717) is 12.6 Å². The number of aliphatic imine (C=N–C) groups is 1. The molecule has 0 aromatic heterocycles. The van der Waals surface area contributed by atoms with Crippen LogP contribution in [0.2, 0.25) is 0 Å². The maximum atomic E-state index is 10.4. The minimum atomic E-state index is -0.596. The quantitative estimate of drug-likeness (QED) is 0.335. The van der Waals surface area contributed by atoms with Gasteiger partial charge in [-0.1, -0.05) is 6.42 Å². The minimum Gasteiger partial charge on any atom is -0.387 e. The van der Waals surface area contributed by atoms with Crippen LogP contribution in [0.15, 0.2) is 4.99 Å². The van der Waals surface area contributed by atoms with Crippen molar-refractivity contribution in [3.63, 3.8) is 0 Å². The van der Waals surface area contributed by atoms with Crippen molar-refractivity contribution in [3.8, 4) is 0 Å². The molecule has 7 heteroatoms. The Morgan fingerprint density at radius 3 is 2.91 bits per heavy atom.